The molecule has 1 N–H and O–H groups in total. The summed E-state index contributed by atoms with van der Waals surface area (Å²) >= 11 is 0. The normalized spacial score (nSPS) is 12.4. The second-order valence-electron chi connectivity index (χ2n) is 16.8. The number of rotatable bonds is 44. The summed E-state index contributed by atoms with van der Waals surface area (Å²) < 4.78 is 0. The van der Waals surface area contributed by atoms with E-state index in [9.17, 15) is 5.11 Å². The third-order valence-corrected chi connectivity index (χ3v) is 11.7. The Kier molecular flexibility index (Phi) is 44.1. The van der Waals surface area contributed by atoms with Crippen LogP contribution in [0.1, 0.15) is 297 Å². The molecule has 1 nitrogen and oxygen atoms in total. The standard InChI is InChI=1S/C48H98O/c1-4-7-10-13-16-19-22-25-28-31-34-37-42-47(43-38-35-32-29-26-23-20-17-14-11-8-5-2)44-40-41-46-48(49)45-39-36-33-30-27-24-21-18-15-12-9-6-3/h47-49H,4-46H2,1-3H3. The fraction of sp³-hybridized carbons (Fsp3) is 1.00. The summed E-state index contributed by atoms with van der Waals surface area (Å²) in [5.74, 6) is 0.944. The summed E-state index contributed by atoms with van der Waals surface area (Å²) in [5, 5.41) is 10.6. The van der Waals surface area contributed by atoms with Crippen molar-refractivity contribution < 1.29 is 5.11 Å². The Morgan fingerprint density at radius 3 is 0.633 bits per heavy atom. The third kappa shape index (κ3) is 42.3. The van der Waals surface area contributed by atoms with Crippen LogP contribution in [0.4, 0.5) is 0 Å². The molecule has 0 fully saturated rings. The van der Waals surface area contributed by atoms with Crippen LogP contribution < -0.4 is 0 Å². The average molecular weight is 691 g/mol. The van der Waals surface area contributed by atoms with Gasteiger partial charge in [0.2, 0.25) is 0 Å². The lowest BCUT2D eigenvalue weighted by molar-refractivity contribution is 0.146. The number of unbranched alkanes of at least 4 members (excludes halogenated alkanes) is 34. The van der Waals surface area contributed by atoms with Gasteiger partial charge in [-0.3, -0.25) is 0 Å². The quantitative estimate of drug-likeness (QED) is 0.0631. The molecule has 0 spiro atoms. The Morgan fingerprint density at radius 2 is 0.388 bits per heavy atom. The first-order chi connectivity index (χ1) is 24.2. The summed E-state index contributed by atoms with van der Waals surface area (Å²) in [6.07, 6.45) is 60.7. The molecule has 0 aliphatic heterocycles. The molecule has 1 heteroatoms. The minimum atomic E-state index is -0.0470. The first-order valence-corrected chi connectivity index (χ1v) is 23.9. The van der Waals surface area contributed by atoms with Crippen LogP contribution in [0.25, 0.3) is 0 Å². The molecule has 0 radical (unpaired) electrons. The molecular formula is C48H98O. The lowest BCUT2D eigenvalue weighted by Gasteiger charge is -2.18. The van der Waals surface area contributed by atoms with Gasteiger partial charge in [-0.15, -0.1) is 0 Å². The fourth-order valence-corrected chi connectivity index (χ4v) is 8.16. The highest BCUT2D eigenvalue weighted by Gasteiger charge is 2.10. The van der Waals surface area contributed by atoms with Crippen molar-refractivity contribution in [3.8, 4) is 0 Å². The zero-order chi connectivity index (χ0) is 35.6. The van der Waals surface area contributed by atoms with E-state index < -0.39 is 0 Å². The highest BCUT2D eigenvalue weighted by Crippen LogP contribution is 2.25. The van der Waals surface area contributed by atoms with Crippen LogP contribution in [-0.2, 0) is 0 Å². The van der Waals surface area contributed by atoms with Gasteiger partial charge in [0, 0.05) is 0 Å². The highest BCUT2D eigenvalue weighted by atomic mass is 16.3. The fourth-order valence-electron chi connectivity index (χ4n) is 8.16. The van der Waals surface area contributed by atoms with Crippen LogP contribution >= 0.6 is 0 Å². The molecule has 0 saturated heterocycles. The van der Waals surface area contributed by atoms with Gasteiger partial charge in [0.05, 0.1) is 6.10 Å². The van der Waals surface area contributed by atoms with Crippen molar-refractivity contribution in [2.75, 3.05) is 0 Å². The Hall–Kier alpha value is -0.0400. The molecule has 0 aromatic heterocycles. The molecule has 0 aliphatic rings. The first-order valence-electron chi connectivity index (χ1n) is 23.9. The van der Waals surface area contributed by atoms with E-state index in [0.717, 1.165) is 18.8 Å². The number of aliphatic hydroxyl groups is 1. The third-order valence-electron chi connectivity index (χ3n) is 11.7. The van der Waals surface area contributed by atoms with Crippen LogP contribution in [0.3, 0.4) is 0 Å². The summed E-state index contributed by atoms with van der Waals surface area (Å²) in [6, 6.07) is 0. The van der Waals surface area contributed by atoms with Crippen LogP contribution in [0, 0.1) is 5.92 Å². The van der Waals surface area contributed by atoms with E-state index in [2.05, 4.69) is 20.8 Å². The smallest absolute Gasteiger partial charge is 0.0540 e. The molecule has 0 bridgehead atoms. The Balaban J connectivity index is 4.00. The van der Waals surface area contributed by atoms with Gasteiger partial charge < -0.3 is 5.11 Å². The molecule has 0 saturated carbocycles. The van der Waals surface area contributed by atoms with Crippen LogP contribution in [0.15, 0.2) is 0 Å². The van der Waals surface area contributed by atoms with Gasteiger partial charge in [-0.25, -0.2) is 0 Å². The Bertz CT molecular complexity index is 529. The molecule has 0 aliphatic carbocycles. The van der Waals surface area contributed by atoms with E-state index >= 15 is 0 Å². The van der Waals surface area contributed by atoms with Gasteiger partial charge in [0.1, 0.15) is 0 Å². The number of hydrogen-bond acceptors (Lipinski definition) is 1. The van der Waals surface area contributed by atoms with Gasteiger partial charge in [-0.2, -0.15) is 0 Å². The Labute approximate surface area is 313 Å². The summed E-state index contributed by atoms with van der Waals surface area (Å²) in [6.45, 7) is 6.93. The second-order valence-corrected chi connectivity index (χ2v) is 16.8. The topological polar surface area (TPSA) is 20.2 Å². The largest absolute Gasteiger partial charge is 0.393 e. The maximum absolute atomic E-state index is 10.6. The molecular weight excluding hydrogens is 593 g/mol. The molecule has 0 aromatic carbocycles. The predicted octanol–water partition coefficient (Wildman–Crippen LogP) is 17.8. The highest BCUT2D eigenvalue weighted by molar-refractivity contribution is 4.64. The maximum atomic E-state index is 10.6. The minimum Gasteiger partial charge on any atom is -0.393 e. The molecule has 0 rings (SSSR count). The monoisotopic (exact) mass is 691 g/mol. The van der Waals surface area contributed by atoms with E-state index in [4.69, 9.17) is 0 Å². The van der Waals surface area contributed by atoms with Crippen molar-refractivity contribution in [1.82, 2.24) is 0 Å². The van der Waals surface area contributed by atoms with Crippen molar-refractivity contribution in [2.45, 2.75) is 303 Å². The zero-order valence-electron chi connectivity index (χ0n) is 35.0. The van der Waals surface area contributed by atoms with Gasteiger partial charge >= 0.3 is 0 Å². The van der Waals surface area contributed by atoms with Gasteiger partial charge in [-0.05, 0) is 18.8 Å². The number of hydrogen-bond donors (Lipinski definition) is 1. The lowest BCUT2D eigenvalue weighted by atomic mass is 9.89. The van der Waals surface area contributed by atoms with Crippen LogP contribution in [0.5, 0.6) is 0 Å². The lowest BCUT2D eigenvalue weighted by Crippen LogP contribution is -2.07. The molecule has 1 unspecified atom stereocenters. The van der Waals surface area contributed by atoms with Crippen molar-refractivity contribution in [3.05, 3.63) is 0 Å². The SMILES string of the molecule is CCCCCCCCCCCCCCC(O)CCCCC(CCCCCCCCCCCCCC)CCCCCCCCCCCCCC. The summed E-state index contributed by atoms with van der Waals surface area (Å²) in [5.41, 5.74) is 0. The van der Waals surface area contributed by atoms with E-state index in [1.54, 1.807) is 0 Å². The maximum Gasteiger partial charge on any atom is 0.0540 e. The minimum absolute atomic E-state index is 0.0470. The Morgan fingerprint density at radius 1 is 0.224 bits per heavy atom. The average Bonchev–Trinajstić information content (AvgIpc) is 3.11. The van der Waals surface area contributed by atoms with Crippen molar-refractivity contribution in [1.29, 1.82) is 0 Å². The molecule has 296 valence electrons. The van der Waals surface area contributed by atoms with E-state index in [-0.39, 0.29) is 6.10 Å². The van der Waals surface area contributed by atoms with Crippen molar-refractivity contribution in [2.24, 2.45) is 5.92 Å². The zero-order valence-corrected chi connectivity index (χ0v) is 35.0. The van der Waals surface area contributed by atoms with Crippen LogP contribution in [0.2, 0.25) is 0 Å². The van der Waals surface area contributed by atoms with Crippen molar-refractivity contribution in [3.63, 3.8) is 0 Å². The summed E-state index contributed by atoms with van der Waals surface area (Å²) in [4.78, 5) is 0. The second kappa shape index (κ2) is 44.1. The van der Waals surface area contributed by atoms with Gasteiger partial charge in [-0.1, -0.05) is 284 Å². The molecule has 1 atom stereocenters. The van der Waals surface area contributed by atoms with Crippen LogP contribution in [-0.4, -0.2) is 11.2 Å². The van der Waals surface area contributed by atoms with E-state index in [1.165, 1.54) is 263 Å². The molecule has 49 heavy (non-hydrogen) atoms. The molecule has 0 heterocycles. The van der Waals surface area contributed by atoms with Gasteiger partial charge in [0.15, 0.2) is 0 Å². The number of aliphatic hydroxyl groups excluding tert-OH is 1. The molecule has 0 aromatic rings. The predicted molar refractivity (Wildman–Crippen MR) is 225 cm³/mol. The summed E-state index contributed by atoms with van der Waals surface area (Å²) in [7, 11) is 0. The first kappa shape index (κ1) is 49.0. The van der Waals surface area contributed by atoms with E-state index in [1.807, 2.05) is 0 Å². The molecule has 0 amide bonds. The van der Waals surface area contributed by atoms with E-state index in [0.29, 0.717) is 0 Å². The van der Waals surface area contributed by atoms with Gasteiger partial charge in [0.25, 0.3) is 0 Å². The van der Waals surface area contributed by atoms with Crippen molar-refractivity contribution >= 4 is 0 Å².